The number of esters is 1. The van der Waals surface area contributed by atoms with Crippen LogP contribution < -0.4 is 0 Å². The molecule has 1 aromatic rings. The molecule has 0 aliphatic carbocycles. The van der Waals surface area contributed by atoms with Crippen molar-refractivity contribution in [2.45, 2.75) is 94.6 Å². The maximum Gasteiger partial charge on any atom is 0.306 e. The second kappa shape index (κ2) is 10.0. The molecule has 4 rings (SSSR count). The van der Waals surface area contributed by atoms with E-state index in [0.29, 0.717) is 26.1 Å². The molecule has 0 amide bonds. The second-order valence-electron chi connectivity index (χ2n) is 8.40. The molecule has 1 aromatic carbocycles. The predicted molar refractivity (Wildman–Crippen MR) is 106 cm³/mol. The van der Waals surface area contributed by atoms with Crippen LogP contribution in [0.1, 0.15) is 56.9 Å². The molecule has 0 saturated carbocycles. The van der Waals surface area contributed by atoms with Crippen molar-refractivity contribution < 1.29 is 28.8 Å². The number of aliphatic hydroxyl groups excluding tert-OH is 1. The largest absolute Gasteiger partial charge is 0.460 e. The van der Waals surface area contributed by atoms with Crippen molar-refractivity contribution in [1.82, 2.24) is 0 Å². The Labute approximate surface area is 172 Å². The van der Waals surface area contributed by atoms with Gasteiger partial charge in [0.15, 0.2) is 0 Å². The molecule has 3 saturated heterocycles. The number of carbonyl (C=O) groups is 1. The highest BCUT2D eigenvalue weighted by molar-refractivity contribution is 5.71. The van der Waals surface area contributed by atoms with E-state index in [1.807, 2.05) is 30.3 Å². The van der Waals surface area contributed by atoms with Crippen LogP contribution in [0.25, 0.3) is 0 Å². The van der Waals surface area contributed by atoms with E-state index in [2.05, 4.69) is 0 Å². The van der Waals surface area contributed by atoms with E-state index in [1.54, 1.807) is 0 Å². The standard InChI is InChI=1S/C23H32O6/c24-17(7-4-14-26-15-16-5-2-1-3-6-16)18-8-9-19(27-18)20-10-11-21(28-20)22-12-13-23(25)29-22/h1-3,5-6,17-22,24H,4,7-15H2/t17-,18-,19+,20+,21-,22-/m0/s1. The number of ether oxygens (including phenoxy) is 4. The summed E-state index contributed by atoms with van der Waals surface area (Å²) in [6.07, 6.45) is 5.76. The first-order chi connectivity index (χ1) is 14.2. The summed E-state index contributed by atoms with van der Waals surface area (Å²) in [5, 5.41) is 10.5. The Balaban J connectivity index is 1.12. The Morgan fingerprint density at radius 1 is 0.966 bits per heavy atom. The molecule has 1 N–H and O–H groups in total. The number of hydrogen-bond donors (Lipinski definition) is 1. The molecule has 6 atom stereocenters. The molecule has 6 nitrogen and oxygen atoms in total. The minimum absolute atomic E-state index is 0.000729. The lowest BCUT2D eigenvalue weighted by atomic mass is 10.0. The van der Waals surface area contributed by atoms with Crippen molar-refractivity contribution in [2.24, 2.45) is 0 Å². The van der Waals surface area contributed by atoms with Crippen LogP contribution in [0.4, 0.5) is 0 Å². The van der Waals surface area contributed by atoms with Crippen molar-refractivity contribution >= 4 is 5.97 Å². The van der Waals surface area contributed by atoms with Gasteiger partial charge in [0.1, 0.15) is 6.10 Å². The lowest BCUT2D eigenvalue weighted by Gasteiger charge is -2.24. The zero-order valence-electron chi connectivity index (χ0n) is 16.9. The van der Waals surface area contributed by atoms with Gasteiger partial charge in [-0.15, -0.1) is 0 Å². The average molecular weight is 405 g/mol. The second-order valence-corrected chi connectivity index (χ2v) is 8.40. The van der Waals surface area contributed by atoms with Gasteiger partial charge >= 0.3 is 5.97 Å². The zero-order valence-corrected chi connectivity index (χ0v) is 16.9. The van der Waals surface area contributed by atoms with E-state index >= 15 is 0 Å². The first-order valence-electron chi connectivity index (χ1n) is 11.0. The van der Waals surface area contributed by atoms with Crippen LogP contribution in [0.5, 0.6) is 0 Å². The minimum Gasteiger partial charge on any atom is -0.460 e. The van der Waals surface area contributed by atoms with Crippen molar-refractivity contribution in [1.29, 1.82) is 0 Å². The lowest BCUT2D eigenvalue weighted by Crippen LogP contribution is -2.33. The number of cyclic esters (lactones) is 1. The number of carbonyl (C=O) groups excluding carboxylic acids is 1. The van der Waals surface area contributed by atoms with E-state index in [-0.39, 0.29) is 36.5 Å². The predicted octanol–water partition coefficient (Wildman–Crippen LogP) is 3.15. The van der Waals surface area contributed by atoms with Gasteiger partial charge in [-0.1, -0.05) is 30.3 Å². The Kier molecular flexibility index (Phi) is 7.19. The Morgan fingerprint density at radius 3 is 2.45 bits per heavy atom. The maximum atomic E-state index is 11.3. The highest BCUT2D eigenvalue weighted by atomic mass is 16.6. The van der Waals surface area contributed by atoms with Gasteiger partial charge in [0.25, 0.3) is 0 Å². The summed E-state index contributed by atoms with van der Waals surface area (Å²) in [6.45, 7) is 1.24. The highest BCUT2D eigenvalue weighted by Crippen LogP contribution is 2.36. The molecular formula is C23H32O6. The van der Waals surface area contributed by atoms with Crippen LogP contribution in [0.3, 0.4) is 0 Å². The summed E-state index contributed by atoms with van der Waals surface area (Å²) < 4.78 is 23.3. The fraction of sp³-hybridized carbons (Fsp3) is 0.696. The van der Waals surface area contributed by atoms with E-state index in [0.717, 1.165) is 44.1 Å². The van der Waals surface area contributed by atoms with Gasteiger partial charge in [-0.25, -0.2) is 0 Å². The van der Waals surface area contributed by atoms with Crippen LogP contribution in [-0.2, 0) is 30.3 Å². The summed E-state index contributed by atoms with van der Waals surface area (Å²) in [6, 6.07) is 10.1. The third kappa shape index (κ3) is 5.57. The van der Waals surface area contributed by atoms with Gasteiger partial charge in [0.05, 0.1) is 37.1 Å². The van der Waals surface area contributed by atoms with Gasteiger partial charge < -0.3 is 24.1 Å². The summed E-state index contributed by atoms with van der Waals surface area (Å²) in [5.41, 5.74) is 1.16. The topological polar surface area (TPSA) is 74.2 Å². The van der Waals surface area contributed by atoms with Gasteiger partial charge in [0.2, 0.25) is 0 Å². The maximum absolute atomic E-state index is 11.3. The van der Waals surface area contributed by atoms with Crippen LogP contribution in [0, 0.1) is 0 Å². The summed E-state index contributed by atoms with van der Waals surface area (Å²) >= 11 is 0. The average Bonchev–Trinajstić information content (AvgIpc) is 3.48. The number of benzene rings is 1. The number of rotatable bonds is 9. The third-order valence-electron chi connectivity index (χ3n) is 6.24. The molecule has 6 heteroatoms. The van der Waals surface area contributed by atoms with Gasteiger partial charge in [-0.2, -0.15) is 0 Å². The van der Waals surface area contributed by atoms with Gasteiger partial charge in [0, 0.05) is 13.0 Å². The van der Waals surface area contributed by atoms with Crippen LogP contribution in [0.2, 0.25) is 0 Å². The SMILES string of the molecule is O=C1CC[C@@H]([C@@H]2CC[C@H]([C@H]3CC[C@@H]([C@@H](O)CCCOCc4ccccc4)O3)O2)O1. The van der Waals surface area contributed by atoms with Gasteiger partial charge in [-0.05, 0) is 50.5 Å². The minimum atomic E-state index is -0.465. The molecule has 3 aliphatic rings. The number of aliphatic hydroxyl groups is 1. The normalized spacial score (nSPS) is 33.1. The first kappa shape index (κ1) is 20.8. The van der Waals surface area contributed by atoms with Crippen LogP contribution >= 0.6 is 0 Å². The Bertz CT molecular complexity index is 650. The van der Waals surface area contributed by atoms with Crippen molar-refractivity contribution in [3.63, 3.8) is 0 Å². The van der Waals surface area contributed by atoms with E-state index in [9.17, 15) is 9.90 Å². The molecule has 3 heterocycles. The highest BCUT2D eigenvalue weighted by Gasteiger charge is 2.43. The Hall–Kier alpha value is -1.47. The molecule has 3 aliphatic heterocycles. The molecular weight excluding hydrogens is 372 g/mol. The van der Waals surface area contributed by atoms with Crippen molar-refractivity contribution in [3.05, 3.63) is 35.9 Å². The van der Waals surface area contributed by atoms with Crippen molar-refractivity contribution in [3.8, 4) is 0 Å². The third-order valence-corrected chi connectivity index (χ3v) is 6.24. The van der Waals surface area contributed by atoms with E-state index in [1.165, 1.54) is 0 Å². The fourth-order valence-electron chi connectivity index (χ4n) is 4.64. The van der Waals surface area contributed by atoms with E-state index in [4.69, 9.17) is 18.9 Å². The smallest absolute Gasteiger partial charge is 0.306 e. The Morgan fingerprint density at radius 2 is 1.69 bits per heavy atom. The quantitative estimate of drug-likeness (QED) is 0.503. The monoisotopic (exact) mass is 404 g/mol. The molecule has 29 heavy (non-hydrogen) atoms. The summed E-state index contributed by atoms with van der Waals surface area (Å²) in [4.78, 5) is 11.3. The molecule has 0 spiro atoms. The lowest BCUT2D eigenvalue weighted by molar-refractivity contribution is -0.149. The molecule has 3 fully saturated rings. The molecule has 160 valence electrons. The molecule has 0 aromatic heterocycles. The number of hydrogen-bond acceptors (Lipinski definition) is 6. The fourth-order valence-corrected chi connectivity index (χ4v) is 4.64. The van der Waals surface area contributed by atoms with Crippen LogP contribution in [0.15, 0.2) is 30.3 Å². The van der Waals surface area contributed by atoms with Crippen LogP contribution in [-0.4, -0.2) is 54.3 Å². The molecule has 0 radical (unpaired) electrons. The van der Waals surface area contributed by atoms with Crippen molar-refractivity contribution in [2.75, 3.05) is 6.61 Å². The summed E-state index contributed by atoms with van der Waals surface area (Å²) in [7, 11) is 0. The zero-order chi connectivity index (χ0) is 20.1. The molecule has 0 unspecified atom stereocenters. The first-order valence-corrected chi connectivity index (χ1v) is 11.0. The van der Waals surface area contributed by atoms with E-state index < -0.39 is 6.10 Å². The summed E-state index contributed by atoms with van der Waals surface area (Å²) in [5.74, 6) is -0.116. The van der Waals surface area contributed by atoms with Gasteiger partial charge in [-0.3, -0.25) is 4.79 Å². The molecule has 0 bridgehead atoms.